The van der Waals surface area contributed by atoms with Crippen LogP contribution >= 0.6 is 0 Å². The normalized spacial score (nSPS) is 12.1. The Balaban J connectivity index is 2.23. The highest BCUT2D eigenvalue weighted by atomic mass is 16.1. The molecule has 0 heterocycles. The van der Waals surface area contributed by atoms with E-state index in [4.69, 9.17) is 0 Å². The largest absolute Gasteiger partial charge is 0.372 e. The van der Waals surface area contributed by atoms with E-state index < -0.39 is 0 Å². The summed E-state index contributed by atoms with van der Waals surface area (Å²) in [5.41, 5.74) is 5.99. The van der Waals surface area contributed by atoms with Crippen LogP contribution in [0.4, 0.5) is 11.4 Å². The minimum Gasteiger partial charge on any atom is -0.372 e. The first-order valence-corrected chi connectivity index (χ1v) is 11.0. The third-order valence-electron chi connectivity index (χ3n) is 5.48. The maximum absolute atomic E-state index is 13.0. The molecule has 0 saturated heterocycles. The number of ketones is 1. The molecule has 30 heavy (non-hydrogen) atoms. The third-order valence-corrected chi connectivity index (χ3v) is 5.48. The first-order chi connectivity index (χ1) is 14.4. The molecule has 0 N–H and O–H groups in total. The molecule has 0 aliphatic heterocycles. The molecule has 0 saturated carbocycles. The summed E-state index contributed by atoms with van der Waals surface area (Å²) in [6, 6.07) is 16.8. The zero-order valence-corrected chi connectivity index (χ0v) is 19.4. The Bertz CT molecular complexity index is 829. The van der Waals surface area contributed by atoms with Crippen molar-refractivity contribution in [3.63, 3.8) is 0 Å². The van der Waals surface area contributed by atoms with Crippen molar-refractivity contribution >= 4 is 29.3 Å². The Hall–Kier alpha value is -2.81. The van der Waals surface area contributed by atoms with Gasteiger partial charge in [0.15, 0.2) is 5.78 Å². The molecular formula is C27H36N2O. The van der Waals surface area contributed by atoms with Gasteiger partial charge in [0.1, 0.15) is 0 Å². The Morgan fingerprint density at radius 3 is 1.40 bits per heavy atom. The van der Waals surface area contributed by atoms with E-state index in [1.54, 1.807) is 0 Å². The van der Waals surface area contributed by atoms with Gasteiger partial charge in [-0.05, 0) is 100 Å². The number of carbonyl (C=O) groups is 1. The molecule has 0 amide bonds. The minimum atomic E-state index is 0.0801. The number of Topliss-reactive ketones (excluding diaryl/α,β-unsaturated/α-hetero) is 1. The van der Waals surface area contributed by atoms with E-state index in [-0.39, 0.29) is 5.78 Å². The van der Waals surface area contributed by atoms with Crippen molar-refractivity contribution < 1.29 is 4.79 Å². The zero-order valence-electron chi connectivity index (χ0n) is 19.4. The van der Waals surface area contributed by atoms with Crippen LogP contribution in [0.3, 0.4) is 0 Å². The second-order valence-corrected chi connectivity index (χ2v) is 7.52. The number of anilines is 2. The van der Waals surface area contributed by atoms with Gasteiger partial charge in [-0.25, -0.2) is 0 Å². The van der Waals surface area contributed by atoms with Gasteiger partial charge in [0.25, 0.3) is 0 Å². The van der Waals surface area contributed by atoms with Crippen LogP contribution in [-0.4, -0.2) is 32.0 Å². The van der Waals surface area contributed by atoms with Crippen LogP contribution in [0, 0.1) is 0 Å². The number of carbonyl (C=O) groups excluding carboxylic acids is 1. The fourth-order valence-electron chi connectivity index (χ4n) is 3.74. The maximum atomic E-state index is 13.0. The smallest absolute Gasteiger partial charge is 0.184 e. The van der Waals surface area contributed by atoms with E-state index in [1.165, 1.54) is 11.4 Å². The predicted octanol–water partition coefficient (Wildman–Crippen LogP) is 6.45. The number of hydrogen-bond donors (Lipinski definition) is 0. The van der Waals surface area contributed by atoms with Crippen LogP contribution in [-0.2, 0) is 4.79 Å². The molecule has 3 heteroatoms. The van der Waals surface area contributed by atoms with E-state index in [9.17, 15) is 4.79 Å². The molecule has 0 fully saturated rings. The van der Waals surface area contributed by atoms with Crippen molar-refractivity contribution in [1.29, 1.82) is 0 Å². The number of benzene rings is 2. The standard InChI is InChI=1S/C27H36N2O/c1-7-28(8-2)25-15-11-13-23(19-25)17-21(5)27(30)22(6)18-24-14-12-16-26(20-24)29(9-3)10-4/h11-20H,7-10H2,1-6H3/b21-17+,22-18+. The molecule has 0 spiro atoms. The topological polar surface area (TPSA) is 23.6 Å². The summed E-state index contributed by atoms with van der Waals surface area (Å²) in [6.07, 6.45) is 3.97. The van der Waals surface area contributed by atoms with Crippen LogP contribution in [0.1, 0.15) is 52.7 Å². The highest BCUT2D eigenvalue weighted by Crippen LogP contribution is 2.21. The van der Waals surface area contributed by atoms with Crippen LogP contribution < -0.4 is 9.80 Å². The Morgan fingerprint density at radius 2 is 1.07 bits per heavy atom. The van der Waals surface area contributed by atoms with Gasteiger partial charge in [-0.1, -0.05) is 24.3 Å². The highest BCUT2D eigenvalue weighted by molar-refractivity contribution is 6.12. The summed E-state index contributed by atoms with van der Waals surface area (Å²) in [5, 5.41) is 0. The quantitative estimate of drug-likeness (QED) is 0.425. The van der Waals surface area contributed by atoms with Gasteiger partial charge in [0.05, 0.1) is 0 Å². The van der Waals surface area contributed by atoms with E-state index in [1.807, 2.05) is 26.0 Å². The van der Waals surface area contributed by atoms with Crippen LogP contribution in [0.25, 0.3) is 12.2 Å². The van der Waals surface area contributed by atoms with Gasteiger partial charge in [0.2, 0.25) is 0 Å². The van der Waals surface area contributed by atoms with Crippen LogP contribution in [0.5, 0.6) is 0 Å². The molecular weight excluding hydrogens is 368 g/mol. The van der Waals surface area contributed by atoms with E-state index >= 15 is 0 Å². The highest BCUT2D eigenvalue weighted by Gasteiger charge is 2.09. The van der Waals surface area contributed by atoms with Gasteiger partial charge in [-0.3, -0.25) is 4.79 Å². The predicted molar refractivity (Wildman–Crippen MR) is 132 cm³/mol. The van der Waals surface area contributed by atoms with Gasteiger partial charge in [-0.15, -0.1) is 0 Å². The molecule has 2 rings (SSSR count). The fourth-order valence-corrected chi connectivity index (χ4v) is 3.74. The molecule has 0 bridgehead atoms. The lowest BCUT2D eigenvalue weighted by atomic mass is 10.0. The van der Waals surface area contributed by atoms with Gasteiger partial charge in [0, 0.05) is 37.6 Å². The third kappa shape index (κ3) is 6.09. The lowest BCUT2D eigenvalue weighted by Gasteiger charge is -2.21. The summed E-state index contributed by atoms with van der Waals surface area (Å²) in [6.45, 7) is 16.3. The second kappa shape index (κ2) is 11.4. The average molecular weight is 405 g/mol. The van der Waals surface area contributed by atoms with Gasteiger partial charge >= 0.3 is 0 Å². The fraction of sp³-hybridized carbons (Fsp3) is 0.370. The molecule has 2 aromatic carbocycles. The first-order valence-electron chi connectivity index (χ1n) is 11.0. The summed E-state index contributed by atoms with van der Waals surface area (Å²) >= 11 is 0. The molecule has 0 unspecified atom stereocenters. The van der Waals surface area contributed by atoms with E-state index in [0.717, 1.165) is 48.5 Å². The minimum absolute atomic E-state index is 0.0801. The number of hydrogen-bond acceptors (Lipinski definition) is 3. The number of allylic oxidation sites excluding steroid dienone is 2. The van der Waals surface area contributed by atoms with E-state index in [2.05, 4.69) is 86.0 Å². The monoisotopic (exact) mass is 404 g/mol. The van der Waals surface area contributed by atoms with Crippen molar-refractivity contribution in [2.24, 2.45) is 0 Å². The summed E-state index contributed by atoms with van der Waals surface area (Å²) < 4.78 is 0. The van der Waals surface area contributed by atoms with Crippen LogP contribution in [0.2, 0.25) is 0 Å². The molecule has 160 valence electrons. The van der Waals surface area contributed by atoms with Crippen molar-refractivity contribution in [1.82, 2.24) is 0 Å². The first kappa shape index (κ1) is 23.5. The van der Waals surface area contributed by atoms with E-state index in [0.29, 0.717) is 0 Å². The Labute approximate surface area is 182 Å². The summed E-state index contributed by atoms with van der Waals surface area (Å²) in [5.74, 6) is 0.0801. The Morgan fingerprint density at radius 1 is 0.700 bits per heavy atom. The molecule has 0 aromatic heterocycles. The van der Waals surface area contributed by atoms with Crippen molar-refractivity contribution in [2.45, 2.75) is 41.5 Å². The molecule has 0 aliphatic carbocycles. The molecule has 0 atom stereocenters. The lowest BCUT2D eigenvalue weighted by Crippen LogP contribution is -2.21. The maximum Gasteiger partial charge on any atom is 0.184 e. The van der Waals surface area contributed by atoms with Crippen LogP contribution in [0.15, 0.2) is 59.7 Å². The van der Waals surface area contributed by atoms with Gasteiger partial charge < -0.3 is 9.80 Å². The zero-order chi connectivity index (χ0) is 22.1. The van der Waals surface area contributed by atoms with Gasteiger partial charge in [-0.2, -0.15) is 0 Å². The molecule has 0 aliphatic rings. The average Bonchev–Trinajstić information content (AvgIpc) is 2.75. The summed E-state index contributed by atoms with van der Waals surface area (Å²) in [7, 11) is 0. The molecule has 3 nitrogen and oxygen atoms in total. The molecule has 2 aromatic rings. The Kier molecular flexibility index (Phi) is 8.91. The second-order valence-electron chi connectivity index (χ2n) is 7.52. The van der Waals surface area contributed by atoms with Crippen molar-refractivity contribution in [3.8, 4) is 0 Å². The number of rotatable bonds is 10. The lowest BCUT2D eigenvalue weighted by molar-refractivity contribution is -0.112. The SMILES string of the molecule is CCN(CC)c1cccc(/C=C(\C)C(=O)/C(C)=C/c2cccc(N(CC)CC)c2)c1. The molecule has 0 radical (unpaired) electrons. The van der Waals surface area contributed by atoms with Crippen molar-refractivity contribution in [2.75, 3.05) is 36.0 Å². The number of nitrogens with zero attached hydrogens (tertiary/aromatic N) is 2. The van der Waals surface area contributed by atoms with Crippen molar-refractivity contribution in [3.05, 3.63) is 70.8 Å². The summed E-state index contributed by atoms with van der Waals surface area (Å²) in [4.78, 5) is 17.6.